The fourth-order valence-corrected chi connectivity index (χ4v) is 5.16. The molecule has 1 fully saturated rings. The highest BCUT2D eigenvalue weighted by Crippen LogP contribution is 2.58. The van der Waals surface area contributed by atoms with E-state index in [-0.39, 0.29) is 11.4 Å². The van der Waals surface area contributed by atoms with Crippen LogP contribution in [0, 0.1) is 16.7 Å². The molecule has 1 N–H and O–H groups in total. The first kappa shape index (κ1) is 17.2. The van der Waals surface area contributed by atoms with Gasteiger partial charge in [-0.3, -0.25) is 4.79 Å². The second kappa shape index (κ2) is 7.08. The number of ether oxygens (including phenoxy) is 1. The van der Waals surface area contributed by atoms with E-state index in [1.807, 2.05) is 19.1 Å². The molecule has 2 aliphatic rings. The third-order valence-corrected chi connectivity index (χ3v) is 6.07. The molecule has 0 amide bonds. The van der Waals surface area contributed by atoms with Crippen molar-refractivity contribution in [1.82, 2.24) is 0 Å². The van der Waals surface area contributed by atoms with Crippen LogP contribution in [-0.4, -0.2) is 18.3 Å². The Labute approximate surface area is 145 Å². The zero-order chi connectivity index (χ0) is 17.2. The molecule has 1 aromatic rings. The van der Waals surface area contributed by atoms with Gasteiger partial charge in [-0.05, 0) is 48.6 Å². The van der Waals surface area contributed by atoms with E-state index in [9.17, 15) is 4.79 Å². The van der Waals surface area contributed by atoms with Gasteiger partial charge in [-0.15, -0.1) is 0 Å². The van der Waals surface area contributed by atoms with E-state index in [0.29, 0.717) is 18.2 Å². The molecule has 0 heterocycles. The summed E-state index contributed by atoms with van der Waals surface area (Å²) in [5.41, 5.74) is 2.61. The van der Waals surface area contributed by atoms with Crippen LogP contribution in [0.3, 0.4) is 0 Å². The monoisotopic (exact) mass is 327 g/mol. The third-order valence-electron chi connectivity index (χ3n) is 6.07. The lowest BCUT2D eigenvalue weighted by atomic mass is 9.51. The van der Waals surface area contributed by atoms with Crippen LogP contribution in [0.15, 0.2) is 24.3 Å². The molecule has 0 aromatic heterocycles. The fourth-order valence-electron chi connectivity index (χ4n) is 5.16. The van der Waals surface area contributed by atoms with Crippen molar-refractivity contribution in [3.8, 4) is 0 Å². The van der Waals surface area contributed by atoms with Crippen molar-refractivity contribution < 1.29 is 9.53 Å². The molecule has 0 saturated heterocycles. The van der Waals surface area contributed by atoms with Gasteiger partial charge in [0.15, 0.2) is 0 Å². The summed E-state index contributed by atoms with van der Waals surface area (Å²) >= 11 is 0. The molecule has 1 spiro atoms. The lowest BCUT2D eigenvalue weighted by Gasteiger charge is -2.51. The molecule has 0 radical (unpaired) electrons. The Hall–Kier alpha value is -1.64. The molecule has 130 valence electrons. The van der Waals surface area contributed by atoms with Gasteiger partial charge in [0.05, 0.1) is 12.3 Å². The molecular formula is C21H29NO2. The number of hydrogen-bond donors (Lipinski definition) is 1. The van der Waals surface area contributed by atoms with Gasteiger partial charge in [-0.1, -0.05) is 56.9 Å². The van der Waals surface area contributed by atoms with Crippen LogP contribution in [-0.2, 0) is 9.53 Å². The van der Waals surface area contributed by atoms with Crippen LogP contribution in [0.4, 0.5) is 0 Å². The molecule has 2 aliphatic carbocycles. The quantitative estimate of drug-likeness (QED) is 0.784. The van der Waals surface area contributed by atoms with Crippen molar-refractivity contribution in [3.05, 3.63) is 35.4 Å². The van der Waals surface area contributed by atoms with Crippen LogP contribution in [0.2, 0.25) is 0 Å². The van der Waals surface area contributed by atoms with Crippen molar-refractivity contribution >= 4 is 11.7 Å². The summed E-state index contributed by atoms with van der Waals surface area (Å²) in [5.74, 6) is -0.216. The van der Waals surface area contributed by atoms with E-state index in [4.69, 9.17) is 10.1 Å². The number of hydrogen-bond acceptors (Lipinski definition) is 3. The summed E-state index contributed by atoms with van der Waals surface area (Å²) in [6.45, 7) is 4.46. The van der Waals surface area contributed by atoms with E-state index < -0.39 is 5.92 Å². The zero-order valence-electron chi connectivity index (χ0n) is 14.9. The van der Waals surface area contributed by atoms with Crippen molar-refractivity contribution in [3.63, 3.8) is 0 Å². The van der Waals surface area contributed by atoms with Gasteiger partial charge < -0.3 is 10.1 Å². The number of esters is 1. The molecule has 3 nitrogen and oxygen atoms in total. The van der Waals surface area contributed by atoms with Gasteiger partial charge in [0.25, 0.3) is 0 Å². The molecule has 0 bridgehead atoms. The number of carbonyl (C=O) groups excluding carboxylic acids is 1. The first-order valence-corrected chi connectivity index (χ1v) is 9.50. The van der Waals surface area contributed by atoms with Gasteiger partial charge >= 0.3 is 5.97 Å². The average Bonchev–Trinajstić information content (AvgIpc) is 2.60. The summed E-state index contributed by atoms with van der Waals surface area (Å²) < 4.78 is 5.44. The standard InChI is InChI=1S/C21H29NO2/c1-3-10-17-15-11-6-7-12-16(15)19(22)18(20(23)24-4-2)21(17)13-8-5-9-14-21/h6-7,11-12,17-18,22H,3-5,8-10,13-14H2,1-2H3. The van der Waals surface area contributed by atoms with Crippen LogP contribution >= 0.6 is 0 Å². The molecule has 2 unspecified atom stereocenters. The van der Waals surface area contributed by atoms with Gasteiger partial charge in [0.1, 0.15) is 5.92 Å². The number of fused-ring (bicyclic) bond motifs is 1. The summed E-state index contributed by atoms with van der Waals surface area (Å²) in [7, 11) is 0. The van der Waals surface area contributed by atoms with Crippen LogP contribution < -0.4 is 0 Å². The van der Waals surface area contributed by atoms with Crippen molar-refractivity contribution in [2.75, 3.05) is 6.61 Å². The van der Waals surface area contributed by atoms with E-state index in [2.05, 4.69) is 19.1 Å². The van der Waals surface area contributed by atoms with E-state index in [1.54, 1.807) is 0 Å². The maximum atomic E-state index is 12.9. The summed E-state index contributed by atoms with van der Waals surface area (Å²) in [6, 6.07) is 8.26. The Morgan fingerprint density at radius 2 is 1.92 bits per heavy atom. The third kappa shape index (κ3) is 2.68. The van der Waals surface area contributed by atoms with Crippen LogP contribution in [0.1, 0.15) is 75.8 Å². The Morgan fingerprint density at radius 1 is 1.21 bits per heavy atom. The Bertz CT molecular complexity index is 616. The molecule has 0 aliphatic heterocycles. The minimum Gasteiger partial charge on any atom is -0.465 e. The second-order valence-electron chi connectivity index (χ2n) is 7.32. The lowest BCUT2D eigenvalue weighted by Crippen LogP contribution is -2.50. The maximum absolute atomic E-state index is 12.9. The lowest BCUT2D eigenvalue weighted by molar-refractivity contribution is -0.151. The summed E-state index contributed by atoms with van der Waals surface area (Å²) in [5, 5.41) is 8.82. The van der Waals surface area contributed by atoms with Crippen LogP contribution in [0.25, 0.3) is 0 Å². The number of rotatable bonds is 4. The number of benzene rings is 1. The maximum Gasteiger partial charge on any atom is 0.315 e. The SMILES string of the molecule is CCCC1c2ccccc2C(=N)C(C(=O)OCC)C12CCCCC2. The molecule has 2 atom stereocenters. The van der Waals surface area contributed by atoms with Crippen LogP contribution in [0.5, 0.6) is 0 Å². The molecule has 3 rings (SSSR count). The van der Waals surface area contributed by atoms with Gasteiger partial charge in [0, 0.05) is 0 Å². The van der Waals surface area contributed by atoms with Gasteiger partial charge in [0.2, 0.25) is 0 Å². The predicted molar refractivity (Wildman–Crippen MR) is 96.6 cm³/mol. The van der Waals surface area contributed by atoms with Gasteiger partial charge in [-0.25, -0.2) is 0 Å². The minimum atomic E-state index is -0.399. The van der Waals surface area contributed by atoms with Crippen molar-refractivity contribution in [1.29, 1.82) is 5.41 Å². The predicted octanol–water partition coefficient (Wildman–Crippen LogP) is 5.08. The topological polar surface area (TPSA) is 50.2 Å². The first-order valence-electron chi connectivity index (χ1n) is 9.50. The number of carbonyl (C=O) groups is 1. The molecule has 3 heteroatoms. The Morgan fingerprint density at radius 3 is 2.58 bits per heavy atom. The van der Waals surface area contributed by atoms with E-state index >= 15 is 0 Å². The van der Waals surface area contributed by atoms with E-state index in [1.165, 1.54) is 12.0 Å². The summed E-state index contributed by atoms with van der Waals surface area (Å²) in [6.07, 6.45) is 7.82. The van der Waals surface area contributed by atoms with Gasteiger partial charge in [-0.2, -0.15) is 0 Å². The zero-order valence-corrected chi connectivity index (χ0v) is 14.9. The largest absolute Gasteiger partial charge is 0.465 e. The highest BCUT2D eigenvalue weighted by Gasteiger charge is 2.55. The first-order chi connectivity index (χ1) is 11.7. The van der Waals surface area contributed by atoms with Crippen molar-refractivity contribution in [2.24, 2.45) is 11.3 Å². The minimum absolute atomic E-state index is 0.119. The molecular weight excluding hydrogens is 298 g/mol. The summed E-state index contributed by atoms with van der Waals surface area (Å²) in [4.78, 5) is 12.9. The van der Waals surface area contributed by atoms with Crippen molar-refractivity contribution in [2.45, 2.75) is 64.7 Å². The fraction of sp³-hybridized carbons (Fsp3) is 0.619. The van der Waals surface area contributed by atoms with E-state index in [0.717, 1.165) is 44.1 Å². The Kier molecular flexibility index (Phi) is 5.07. The molecule has 24 heavy (non-hydrogen) atoms. The second-order valence-corrected chi connectivity index (χ2v) is 7.32. The normalized spacial score (nSPS) is 25.3. The highest BCUT2D eigenvalue weighted by atomic mass is 16.5. The molecule has 1 aromatic carbocycles. The molecule has 1 saturated carbocycles. The number of nitrogens with one attached hydrogen (secondary N) is 1. The Balaban J connectivity index is 2.15. The smallest absolute Gasteiger partial charge is 0.315 e. The highest BCUT2D eigenvalue weighted by molar-refractivity contribution is 6.13. The average molecular weight is 327 g/mol.